The minimum atomic E-state index is 0.201. The van der Waals surface area contributed by atoms with Gasteiger partial charge in [-0.25, -0.2) is 9.97 Å². The van der Waals surface area contributed by atoms with Gasteiger partial charge in [-0.15, -0.1) is 0 Å². The average molecular weight is 292 g/mol. The highest BCUT2D eigenvalue weighted by Crippen LogP contribution is 2.18. The second-order valence-electron chi connectivity index (χ2n) is 4.97. The Morgan fingerprint density at radius 2 is 1.64 bits per heavy atom. The molecule has 0 saturated carbocycles. The molecule has 2 aromatic carbocycles. The molecule has 0 fully saturated rings. The van der Waals surface area contributed by atoms with Crippen LogP contribution in [0.2, 0.25) is 0 Å². The Morgan fingerprint density at radius 1 is 1.00 bits per heavy atom. The van der Waals surface area contributed by atoms with E-state index >= 15 is 0 Å². The largest absolute Gasteiger partial charge is 0.507 e. The van der Waals surface area contributed by atoms with Crippen molar-refractivity contribution >= 4 is 22.6 Å². The Balaban J connectivity index is 1.91. The van der Waals surface area contributed by atoms with Crippen molar-refractivity contribution in [2.24, 2.45) is 5.10 Å². The fraction of sp³-hybridized carbons (Fsp3) is 0.118. The van der Waals surface area contributed by atoms with Crippen LogP contribution in [0.25, 0.3) is 11.0 Å². The summed E-state index contributed by atoms with van der Waals surface area (Å²) in [5.74, 6) is 0.806. The maximum Gasteiger partial charge on any atom is 0.168 e. The fourth-order valence-electron chi connectivity index (χ4n) is 2.17. The quantitative estimate of drug-likeness (QED) is 0.572. The lowest BCUT2D eigenvalue weighted by atomic mass is 10.1. The molecule has 0 bridgehead atoms. The molecule has 22 heavy (non-hydrogen) atoms. The van der Waals surface area contributed by atoms with Crippen LogP contribution >= 0.6 is 0 Å². The molecule has 2 N–H and O–H groups in total. The highest BCUT2D eigenvalue weighted by atomic mass is 16.3. The molecule has 0 unspecified atom stereocenters. The number of rotatable bonds is 3. The summed E-state index contributed by atoms with van der Waals surface area (Å²) < 4.78 is 0. The van der Waals surface area contributed by atoms with Gasteiger partial charge in [0, 0.05) is 5.56 Å². The summed E-state index contributed by atoms with van der Waals surface area (Å²) in [4.78, 5) is 9.02. The number of anilines is 1. The van der Waals surface area contributed by atoms with Crippen LogP contribution < -0.4 is 5.43 Å². The summed E-state index contributed by atoms with van der Waals surface area (Å²) in [6.45, 7) is 3.71. The molecule has 0 saturated heterocycles. The van der Waals surface area contributed by atoms with Crippen LogP contribution in [0.3, 0.4) is 0 Å². The molecule has 0 aliphatic heterocycles. The van der Waals surface area contributed by atoms with E-state index in [9.17, 15) is 5.11 Å². The highest BCUT2D eigenvalue weighted by Gasteiger charge is 2.06. The number of aromatic hydroxyl groups is 1. The minimum Gasteiger partial charge on any atom is -0.507 e. The molecule has 110 valence electrons. The van der Waals surface area contributed by atoms with Gasteiger partial charge in [-0.2, -0.15) is 5.10 Å². The molecule has 5 heteroatoms. The molecular weight excluding hydrogens is 276 g/mol. The van der Waals surface area contributed by atoms with Crippen molar-refractivity contribution in [3.05, 3.63) is 59.8 Å². The van der Waals surface area contributed by atoms with E-state index in [-0.39, 0.29) is 5.75 Å². The molecule has 3 aromatic rings. The smallest absolute Gasteiger partial charge is 0.168 e. The summed E-state index contributed by atoms with van der Waals surface area (Å²) in [6.07, 6.45) is 0. The molecular formula is C17H16N4O. The molecule has 1 heterocycles. The van der Waals surface area contributed by atoms with Gasteiger partial charge < -0.3 is 5.11 Å². The molecule has 0 radical (unpaired) electrons. The first-order valence-corrected chi connectivity index (χ1v) is 6.97. The molecule has 0 aliphatic rings. The zero-order chi connectivity index (χ0) is 15.5. The molecule has 1 aromatic heterocycles. The zero-order valence-electron chi connectivity index (χ0n) is 12.4. The van der Waals surface area contributed by atoms with Crippen molar-refractivity contribution in [2.75, 3.05) is 5.43 Å². The normalized spacial score (nSPS) is 11.6. The average Bonchev–Trinajstić information content (AvgIpc) is 2.53. The number of hydrogen-bond donors (Lipinski definition) is 2. The van der Waals surface area contributed by atoms with Gasteiger partial charge in [-0.1, -0.05) is 24.3 Å². The van der Waals surface area contributed by atoms with Crippen molar-refractivity contribution in [1.29, 1.82) is 0 Å². The summed E-state index contributed by atoms with van der Waals surface area (Å²) in [7, 11) is 0. The first-order chi connectivity index (χ1) is 10.6. The molecule has 0 amide bonds. The van der Waals surface area contributed by atoms with E-state index in [1.54, 1.807) is 12.1 Å². The number of nitrogens with one attached hydrogen (secondary N) is 1. The van der Waals surface area contributed by atoms with E-state index in [0.29, 0.717) is 17.1 Å². The number of phenols is 1. The molecule has 5 nitrogen and oxygen atoms in total. The number of hydrazone groups is 1. The maximum absolute atomic E-state index is 9.84. The van der Waals surface area contributed by atoms with E-state index in [1.165, 1.54) is 0 Å². The number of fused-ring (bicyclic) bond motifs is 1. The Kier molecular flexibility index (Phi) is 3.70. The van der Waals surface area contributed by atoms with Gasteiger partial charge in [-0.05, 0) is 38.1 Å². The van der Waals surface area contributed by atoms with E-state index < -0.39 is 0 Å². The lowest BCUT2D eigenvalue weighted by Crippen LogP contribution is -2.03. The minimum absolute atomic E-state index is 0.201. The Labute approximate surface area is 128 Å². The molecule has 3 rings (SSSR count). The van der Waals surface area contributed by atoms with Crippen molar-refractivity contribution in [1.82, 2.24) is 9.97 Å². The number of nitrogens with zero attached hydrogens (tertiary/aromatic N) is 3. The third-order valence-corrected chi connectivity index (χ3v) is 3.37. The summed E-state index contributed by atoms with van der Waals surface area (Å²) in [6, 6.07) is 14.8. The van der Waals surface area contributed by atoms with Crippen molar-refractivity contribution in [2.45, 2.75) is 13.8 Å². The Bertz CT molecular complexity index is 858. The van der Waals surface area contributed by atoms with Crippen LogP contribution in [0.15, 0.2) is 53.6 Å². The van der Waals surface area contributed by atoms with Crippen LogP contribution in [0.5, 0.6) is 5.75 Å². The topological polar surface area (TPSA) is 70.4 Å². The number of hydrogen-bond acceptors (Lipinski definition) is 5. The summed E-state index contributed by atoms with van der Waals surface area (Å²) in [5, 5.41) is 14.1. The van der Waals surface area contributed by atoms with E-state index in [2.05, 4.69) is 20.5 Å². The van der Waals surface area contributed by atoms with Crippen LogP contribution in [0, 0.1) is 6.92 Å². The van der Waals surface area contributed by atoms with Gasteiger partial charge in [0.05, 0.1) is 22.4 Å². The number of aromatic nitrogens is 2. The Hall–Kier alpha value is -2.95. The van der Waals surface area contributed by atoms with E-state index in [1.807, 2.05) is 50.2 Å². The molecule has 0 atom stereocenters. The monoisotopic (exact) mass is 292 g/mol. The first-order valence-electron chi connectivity index (χ1n) is 6.97. The third kappa shape index (κ3) is 2.74. The number of benzene rings is 2. The first kappa shape index (κ1) is 14.0. The van der Waals surface area contributed by atoms with Crippen LogP contribution in [-0.2, 0) is 0 Å². The zero-order valence-corrected chi connectivity index (χ0v) is 12.4. The molecule has 0 spiro atoms. The van der Waals surface area contributed by atoms with Gasteiger partial charge in [0.25, 0.3) is 0 Å². The van der Waals surface area contributed by atoms with Crippen molar-refractivity contribution in [3.8, 4) is 5.75 Å². The highest BCUT2D eigenvalue weighted by molar-refractivity contribution is 6.01. The maximum atomic E-state index is 9.84. The number of aryl methyl sites for hydroxylation is 1. The fourth-order valence-corrected chi connectivity index (χ4v) is 2.17. The lowest BCUT2D eigenvalue weighted by molar-refractivity contribution is 0.474. The second-order valence-corrected chi connectivity index (χ2v) is 4.97. The van der Waals surface area contributed by atoms with Crippen molar-refractivity contribution in [3.63, 3.8) is 0 Å². The molecule has 0 aliphatic carbocycles. The van der Waals surface area contributed by atoms with Gasteiger partial charge in [0.2, 0.25) is 0 Å². The summed E-state index contributed by atoms with van der Waals surface area (Å²) >= 11 is 0. The Morgan fingerprint density at radius 3 is 2.36 bits per heavy atom. The van der Waals surface area contributed by atoms with Gasteiger partial charge in [0.1, 0.15) is 5.75 Å². The van der Waals surface area contributed by atoms with Crippen molar-refractivity contribution < 1.29 is 5.11 Å². The lowest BCUT2D eigenvalue weighted by Gasteiger charge is -2.07. The predicted octanol–water partition coefficient (Wildman–Crippen LogP) is 3.48. The second kappa shape index (κ2) is 5.81. The summed E-state index contributed by atoms with van der Waals surface area (Å²) in [5.41, 5.74) is 6.72. The van der Waals surface area contributed by atoms with Gasteiger partial charge in [0.15, 0.2) is 5.82 Å². The van der Waals surface area contributed by atoms with E-state index in [4.69, 9.17) is 0 Å². The van der Waals surface area contributed by atoms with Crippen LogP contribution in [0.4, 0.5) is 5.82 Å². The third-order valence-electron chi connectivity index (χ3n) is 3.37. The predicted molar refractivity (Wildman–Crippen MR) is 88.2 cm³/mol. The number of phenolic OH excluding ortho intramolecular Hbond substituents is 1. The number of para-hydroxylation sites is 3. The van der Waals surface area contributed by atoms with E-state index in [0.717, 1.165) is 16.7 Å². The van der Waals surface area contributed by atoms with Crippen LogP contribution in [0.1, 0.15) is 18.2 Å². The standard InChI is InChI=1S/C17H16N4O/c1-11(13-7-3-6-10-16(13)22)20-21-17-12(2)18-14-8-4-5-9-15(14)19-17/h3-10,22H,1-2H3,(H,19,21)/b20-11+. The van der Waals surface area contributed by atoms with Gasteiger partial charge >= 0.3 is 0 Å². The van der Waals surface area contributed by atoms with Gasteiger partial charge in [-0.3, -0.25) is 5.43 Å². The SMILES string of the molecule is C/C(=N\Nc1nc2ccccc2nc1C)c1ccccc1O. The van der Waals surface area contributed by atoms with Crippen LogP contribution in [-0.4, -0.2) is 20.8 Å².